The predicted molar refractivity (Wildman–Crippen MR) is 101 cm³/mol. The van der Waals surface area contributed by atoms with Crippen molar-refractivity contribution in [3.63, 3.8) is 0 Å². The Bertz CT molecular complexity index is 800. The largest absolute Gasteiger partial charge is 0.392 e. The topological polar surface area (TPSA) is 70.4 Å². The first-order chi connectivity index (χ1) is 12.5. The Kier molecular flexibility index (Phi) is 4.71. The molecule has 3 atom stereocenters. The number of benzene rings is 1. The number of β-amino-alcohol motifs (C(OH)–C–C–N with tert-alkyl or cyclic N) is 1. The molecule has 1 aromatic heterocycles. The number of fused-ring (bicyclic) bond motifs is 1. The second-order valence-corrected chi connectivity index (χ2v) is 7.90. The van der Waals surface area contributed by atoms with Crippen molar-refractivity contribution in [2.75, 3.05) is 19.6 Å². The predicted octanol–water partition coefficient (Wildman–Crippen LogP) is 2.05. The number of para-hydroxylation sites is 2. The monoisotopic (exact) mass is 356 g/mol. The van der Waals surface area contributed by atoms with Crippen LogP contribution in [0, 0.1) is 0 Å². The number of piperidine rings is 1. The highest BCUT2D eigenvalue weighted by Crippen LogP contribution is 2.32. The Balaban J connectivity index is 1.59. The van der Waals surface area contributed by atoms with E-state index in [1.807, 2.05) is 11.0 Å². The van der Waals surface area contributed by atoms with Gasteiger partial charge >= 0.3 is 0 Å². The van der Waals surface area contributed by atoms with Gasteiger partial charge in [0.15, 0.2) is 0 Å². The standard InChI is InChI=1S/C20H28N4O2/c1-13(2)24-18-8-4-3-7-16(18)22-19(24)14-6-5-9-23(12-14)20(26)17-10-15(25)11-21-17/h3-4,7-8,13-15,17,21,25H,5-6,9-12H2,1-2H3/t14-,15+,17+/m1/s1. The van der Waals surface area contributed by atoms with Crippen LogP contribution in [-0.2, 0) is 4.79 Å². The lowest BCUT2D eigenvalue weighted by Gasteiger charge is -2.34. The summed E-state index contributed by atoms with van der Waals surface area (Å²) in [6.07, 6.45) is 2.16. The van der Waals surface area contributed by atoms with Crippen LogP contribution in [0.15, 0.2) is 24.3 Å². The Morgan fingerprint density at radius 3 is 2.88 bits per heavy atom. The van der Waals surface area contributed by atoms with Crippen LogP contribution in [0.5, 0.6) is 0 Å². The Morgan fingerprint density at radius 2 is 2.15 bits per heavy atom. The molecule has 2 aliphatic heterocycles. The van der Waals surface area contributed by atoms with E-state index in [0.29, 0.717) is 25.6 Å². The molecule has 2 aromatic rings. The summed E-state index contributed by atoms with van der Waals surface area (Å²) in [7, 11) is 0. The van der Waals surface area contributed by atoms with Gasteiger partial charge in [-0.25, -0.2) is 4.98 Å². The first-order valence-electron chi connectivity index (χ1n) is 9.71. The molecule has 2 saturated heterocycles. The third kappa shape index (κ3) is 3.12. The first kappa shape index (κ1) is 17.5. The lowest BCUT2D eigenvalue weighted by Crippen LogP contribution is -2.47. The van der Waals surface area contributed by atoms with Crippen molar-refractivity contribution in [3.05, 3.63) is 30.1 Å². The van der Waals surface area contributed by atoms with Gasteiger partial charge in [-0.15, -0.1) is 0 Å². The van der Waals surface area contributed by atoms with E-state index in [0.717, 1.165) is 30.7 Å². The van der Waals surface area contributed by atoms with Gasteiger partial charge < -0.3 is 19.9 Å². The highest BCUT2D eigenvalue weighted by molar-refractivity contribution is 5.82. The molecule has 6 heteroatoms. The fourth-order valence-corrected chi connectivity index (χ4v) is 4.41. The molecule has 3 heterocycles. The quantitative estimate of drug-likeness (QED) is 0.883. The molecule has 0 unspecified atom stereocenters. The number of aromatic nitrogens is 2. The molecule has 4 rings (SSSR count). The number of carbonyl (C=O) groups excluding carboxylic acids is 1. The normalized spacial score (nSPS) is 26.8. The molecule has 2 aliphatic rings. The number of aliphatic hydroxyl groups is 1. The average Bonchev–Trinajstić information content (AvgIpc) is 3.24. The molecule has 0 bridgehead atoms. The van der Waals surface area contributed by atoms with E-state index in [4.69, 9.17) is 4.98 Å². The number of aliphatic hydroxyl groups excluding tert-OH is 1. The molecule has 0 saturated carbocycles. The molecule has 26 heavy (non-hydrogen) atoms. The molecular weight excluding hydrogens is 328 g/mol. The van der Waals surface area contributed by atoms with Crippen LogP contribution in [-0.4, -0.2) is 57.2 Å². The van der Waals surface area contributed by atoms with Gasteiger partial charge in [0.2, 0.25) is 5.91 Å². The fraction of sp³-hybridized carbons (Fsp3) is 0.600. The van der Waals surface area contributed by atoms with Crippen LogP contribution in [0.4, 0.5) is 0 Å². The van der Waals surface area contributed by atoms with Gasteiger partial charge in [-0.3, -0.25) is 4.79 Å². The number of nitrogens with one attached hydrogen (secondary N) is 1. The summed E-state index contributed by atoms with van der Waals surface area (Å²) in [5, 5.41) is 12.9. The van der Waals surface area contributed by atoms with Crippen LogP contribution in [0.25, 0.3) is 11.0 Å². The van der Waals surface area contributed by atoms with Crippen molar-refractivity contribution in [2.45, 2.75) is 57.2 Å². The van der Waals surface area contributed by atoms with Crippen molar-refractivity contribution in [3.8, 4) is 0 Å². The maximum absolute atomic E-state index is 12.8. The van der Waals surface area contributed by atoms with Gasteiger partial charge in [0, 0.05) is 31.6 Å². The number of imidazole rings is 1. The number of amides is 1. The minimum atomic E-state index is -0.408. The van der Waals surface area contributed by atoms with Gasteiger partial charge in [0.05, 0.1) is 23.2 Å². The van der Waals surface area contributed by atoms with Gasteiger partial charge in [-0.2, -0.15) is 0 Å². The minimum absolute atomic E-state index is 0.124. The number of likely N-dealkylation sites (tertiary alicyclic amines) is 1. The SMILES string of the molecule is CC(C)n1c([C@@H]2CCCN(C(=O)[C@@H]3C[C@H](O)CN3)C2)nc2ccccc21. The molecule has 0 spiro atoms. The van der Waals surface area contributed by atoms with Crippen molar-refractivity contribution in [1.29, 1.82) is 0 Å². The number of hydrogen-bond acceptors (Lipinski definition) is 4. The van der Waals surface area contributed by atoms with Gasteiger partial charge in [-0.1, -0.05) is 12.1 Å². The molecule has 1 amide bonds. The summed E-state index contributed by atoms with van der Waals surface area (Å²) in [4.78, 5) is 19.7. The molecule has 140 valence electrons. The van der Waals surface area contributed by atoms with Crippen LogP contribution < -0.4 is 5.32 Å². The number of rotatable bonds is 3. The Morgan fingerprint density at radius 1 is 1.35 bits per heavy atom. The van der Waals surface area contributed by atoms with Gasteiger partial charge in [0.25, 0.3) is 0 Å². The third-order valence-electron chi connectivity index (χ3n) is 5.64. The zero-order chi connectivity index (χ0) is 18.3. The molecule has 6 nitrogen and oxygen atoms in total. The Hall–Kier alpha value is -1.92. The molecule has 2 fully saturated rings. The van der Waals surface area contributed by atoms with E-state index in [1.54, 1.807) is 0 Å². The molecule has 0 aliphatic carbocycles. The smallest absolute Gasteiger partial charge is 0.239 e. The van der Waals surface area contributed by atoms with E-state index >= 15 is 0 Å². The van der Waals surface area contributed by atoms with Crippen LogP contribution in [0.2, 0.25) is 0 Å². The summed E-state index contributed by atoms with van der Waals surface area (Å²) < 4.78 is 2.32. The van der Waals surface area contributed by atoms with Gasteiger partial charge in [0.1, 0.15) is 5.82 Å². The van der Waals surface area contributed by atoms with E-state index in [2.05, 4.69) is 41.9 Å². The molecular formula is C20H28N4O2. The van der Waals surface area contributed by atoms with E-state index in [-0.39, 0.29) is 17.9 Å². The third-order valence-corrected chi connectivity index (χ3v) is 5.64. The maximum Gasteiger partial charge on any atom is 0.239 e. The summed E-state index contributed by atoms with van der Waals surface area (Å²) in [6.45, 7) is 6.39. The zero-order valence-electron chi connectivity index (χ0n) is 15.6. The van der Waals surface area contributed by atoms with E-state index in [9.17, 15) is 9.90 Å². The van der Waals surface area contributed by atoms with Crippen molar-refractivity contribution < 1.29 is 9.90 Å². The summed E-state index contributed by atoms with van der Waals surface area (Å²) >= 11 is 0. The van der Waals surface area contributed by atoms with Crippen molar-refractivity contribution in [1.82, 2.24) is 19.8 Å². The van der Waals surface area contributed by atoms with Crippen LogP contribution in [0.3, 0.4) is 0 Å². The lowest BCUT2D eigenvalue weighted by atomic mass is 9.96. The summed E-state index contributed by atoms with van der Waals surface area (Å²) in [6, 6.07) is 8.36. The van der Waals surface area contributed by atoms with Crippen LogP contribution in [0.1, 0.15) is 50.9 Å². The lowest BCUT2D eigenvalue weighted by molar-refractivity contribution is -0.134. The van der Waals surface area contributed by atoms with Crippen molar-refractivity contribution >= 4 is 16.9 Å². The fourth-order valence-electron chi connectivity index (χ4n) is 4.41. The van der Waals surface area contributed by atoms with Gasteiger partial charge in [-0.05, 0) is 45.2 Å². The van der Waals surface area contributed by atoms with E-state index < -0.39 is 6.10 Å². The first-order valence-corrected chi connectivity index (χ1v) is 9.71. The Labute approximate surface area is 154 Å². The number of carbonyl (C=O) groups is 1. The second-order valence-electron chi connectivity index (χ2n) is 7.90. The summed E-state index contributed by atoms with van der Waals surface area (Å²) in [5.41, 5.74) is 2.20. The highest BCUT2D eigenvalue weighted by Gasteiger charge is 2.35. The van der Waals surface area contributed by atoms with E-state index in [1.165, 1.54) is 5.52 Å². The average molecular weight is 356 g/mol. The molecule has 2 N–H and O–H groups in total. The number of hydrogen-bond donors (Lipinski definition) is 2. The van der Waals surface area contributed by atoms with Crippen LogP contribution >= 0.6 is 0 Å². The minimum Gasteiger partial charge on any atom is -0.392 e. The summed E-state index contributed by atoms with van der Waals surface area (Å²) in [5.74, 6) is 1.48. The molecule has 1 aromatic carbocycles. The zero-order valence-corrected chi connectivity index (χ0v) is 15.6. The second kappa shape index (κ2) is 7.00. The molecule has 0 radical (unpaired) electrons. The number of nitrogens with zero attached hydrogens (tertiary/aromatic N) is 3. The maximum atomic E-state index is 12.8. The highest BCUT2D eigenvalue weighted by atomic mass is 16.3. The van der Waals surface area contributed by atoms with Crippen molar-refractivity contribution in [2.24, 2.45) is 0 Å².